The van der Waals surface area contributed by atoms with Crippen LogP contribution in [-0.4, -0.2) is 38.2 Å². The topological polar surface area (TPSA) is 76.5 Å². The average molecular weight is 383 g/mol. The number of nitrogens with zero attached hydrogens (tertiary/aromatic N) is 2. The summed E-state index contributed by atoms with van der Waals surface area (Å²) in [6.07, 6.45) is 2.69. The maximum absolute atomic E-state index is 13.0. The fraction of sp³-hybridized carbons (Fsp3) is 0.412. The molecule has 0 aliphatic carbocycles. The minimum Gasteiger partial charge on any atom is -0.242 e. The van der Waals surface area contributed by atoms with Gasteiger partial charge in [0.25, 0.3) is 10.0 Å². The van der Waals surface area contributed by atoms with Gasteiger partial charge in [-0.05, 0) is 44.9 Å². The van der Waals surface area contributed by atoms with Gasteiger partial charge in [0, 0.05) is 18.8 Å². The van der Waals surface area contributed by atoms with E-state index < -0.39 is 20.0 Å². The maximum Gasteiger partial charge on any atom is 0.268 e. The third kappa shape index (κ3) is 3.14. The summed E-state index contributed by atoms with van der Waals surface area (Å²) in [6.45, 7) is 4.13. The predicted octanol–water partition coefficient (Wildman–Crippen LogP) is 2.52. The van der Waals surface area contributed by atoms with Gasteiger partial charge < -0.3 is 0 Å². The van der Waals surface area contributed by atoms with Crippen LogP contribution in [0.2, 0.25) is 0 Å². The van der Waals surface area contributed by atoms with Crippen LogP contribution in [0.3, 0.4) is 0 Å². The molecule has 0 atom stereocenters. The molecule has 136 valence electrons. The Bertz CT molecular complexity index is 971. The number of aromatic nitrogens is 1. The van der Waals surface area contributed by atoms with Crippen LogP contribution < -0.4 is 0 Å². The van der Waals surface area contributed by atoms with Gasteiger partial charge in [-0.3, -0.25) is 0 Å². The van der Waals surface area contributed by atoms with Gasteiger partial charge in [0.2, 0.25) is 10.0 Å². The molecular formula is C17H22N2O4S2. The molecule has 6 nitrogen and oxygen atoms in total. The van der Waals surface area contributed by atoms with Gasteiger partial charge >= 0.3 is 0 Å². The van der Waals surface area contributed by atoms with Gasteiger partial charge in [-0.15, -0.1) is 0 Å². The molecular weight excluding hydrogens is 360 g/mol. The van der Waals surface area contributed by atoms with Crippen molar-refractivity contribution in [2.45, 2.75) is 42.9 Å². The SMILES string of the molecule is Cc1cc(S(=O)(=O)N2CCCCC2)c(C)n1S(=O)(=O)c1ccccc1. The molecule has 0 unspecified atom stereocenters. The number of benzene rings is 1. The zero-order valence-corrected chi connectivity index (χ0v) is 16.0. The lowest BCUT2D eigenvalue weighted by molar-refractivity contribution is 0.346. The molecule has 2 heterocycles. The zero-order chi connectivity index (χ0) is 18.2. The summed E-state index contributed by atoms with van der Waals surface area (Å²) in [7, 11) is -7.53. The molecule has 2 aromatic rings. The molecule has 0 saturated carbocycles. The Kier molecular flexibility index (Phi) is 4.78. The van der Waals surface area contributed by atoms with Crippen molar-refractivity contribution in [2.24, 2.45) is 0 Å². The smallest absolute Gasteiger partial charge is 0.242 e. The standard InChI is InChI=1S/C17H22N2O4S2/c1-14-13-17(25(22,23)18-11-7-4-8-12-18)15(2)19(14)24(20,21)16-9-5-3-6-10-16/h3,5-6,9-10,13H,4,7-8,11-12H2,1-2H3. The highest BCUT2D eigenvalue weighted by Crippen LogP contribution is 2.29. The molecule has 3 rings (SSSR count). The lowest BCUT2D eigenvalue weighted by Gasteiger charge is -2.25. The van der Waals surface area contributed by atoms with E-state index in [9.17, 15) is 16.8 Å². The van der Waals surface area contributed by atoms with E-state index in [4.69, 9.17) is 0 Å². The summed E-state index contributed by atoms with van der Waals surface area (Å²) < 4.78 is 54.4. The van der Waals surface area contributed by atoms with E-state index in [-0.39, 0.29) is 15.5 Å². The van der Waals surface area contributed by atoms with Gasteiger partial charge in [0.1, 0.15) is 4.90 Å². The first-order valence-corrected chi connectivity index (χ1v) is 11.1. The largest absolute Gasteiger partial charge is 0.268 e. The van der Waals surface area contributed by atoms with E-state index in [1.54, 1.807) is 32.0 Å². The Hall–Kier alpha value is -1.64. The Morgan fingerprint density at radius 1 is 0.840 bits per heavy atom. The third-order valence-corrected chi connectivity index (χ3v) is 8.46. The molecule has 8 heteroatoms. The van der Waals surface area contributed by atoms with Gasteiger partial charge in [-0.1, -0.05) is 24.6 Å². The molecule has 25 heavy (non-hydrogen) atoms. The highest BCUT2D eigenvalue weighted by Gasteiger charge is 2.32. The molecule has 1 fully saturated rings. The monoisotopic (exact) mass is 382 g/mol. The van der Waals surface area contributed by atoms with E-state index in [0.717, 1.165) is 23.2 Å². The lowest BCUT2D eigenvalue weighted by atomic mass is 10.2. The molecule has 0 amide bonds. The van der Waals surface area contributed by atoms with Crippen LogP contribution in [0.1, 0.15) is 30.7 Å². The number of sulfonamides is 1. The van der Waals surface area contributed by atoms with Crippen LogP contribution in [0.25, 0.3) is 0 Å². The minimum atomic E-state index is -3.84. The van der Waals surface area contributed by atoms with Crippen molar-refractivity contribution in [3.63, 3.8) is 0 Å². The van der Waals surface area contributed by atoms with E-state index in [1.807, 2.05) is 0 Å². The van der Waals surface area contributed by atoms with Crippen LogP contribution in [0, 0.1) is 13.8 Å². The van der Waals surface area contributed by atoms with Crippen LogP contribution in [0.15, 0.2) is 46.2 Å². The molecule has 0 spiro atoms. The van der Waals surface area contributed by atoms with Crippen LogP contribution in [-0.2, 0) is 20.0 Å². The quantitative estimate of drug-likeness (QED) is 0.814. The summed E-state index contributed by atoms with van der Waals surface area (Å²) in [5, 5.41) is 0. The number of hydrogen-bond donors (Lipinski definition) is 0. The first kappa shape index (κ1) is 18.2. The summed E-state index contributed by atoms with van der Waals surface area (Å²) in [6, 6.07) is 9.50. The molecule has 1 aromatic heterocycles. The zero-order valence-electron chi connectivity index (χ0n) is 14.3. The first-order chi connectivity index (χ1) is 11.8. The minimum absolute atomic E-state index is 0.0754. The van der Waals surface area contributed by atoms with Crippen molar-refractivity contribution in [1.82, 2.24) is 8.28 Å². The average Bonchev–Trinajstić information content (AvgIpc) is 2.92. The second kappa shape index (κ2) is 6.59. The van der Waals surface area contributed by atoms with E-state index in [0.29, 0.717) is 18.8 Å². The Morgan fingerprint density at radius 3 is 2.04 bits per heavy atom. The Morgan fingerprint density at radius 2 is 1.44 bits per heavy atom. The number of aryl methyl sites for hydroxylation is 1. The summed E-state index contributed by atoms with van der Waals surface area (Å²) >= 11 is 0. The van der Waals surface area contributed by atoms with Crippen molar-refractivity contribution >= 4 is 20.0 Å². The Labute approximate surface area is 149 Å². The fourth-order valence-corrected chi connectivity index (χ4v) is 6.75. The molecule has 1 aliphatic heterocycles. The van der Waals surface area contributed by atoms with E-state index >= 15 is 0 Å². The fourth-order valence-electron chi connectivity index (χ4n) is 3.29. The molecule has 0 radical (unpaired) electrons. The van der Waals surface area contributed by atoms with Crippen molar-refractivity contribution in [2.75, 3.05) is 13.1 Å². The number of hydrogen-bond acceptors (Lipinski definition) is 4. The van der Waals surface area contributed by atoms with Gasteiger partial charge in [0.15, 0.2) is 0 Å². The van der Waals surface area contributed by atoms with Gasteiger partial charge in [0.05, 0.1) is 10.6 Å². The summed E-state index contributed by atoms with van der Waals surface area (Å²) in [5.74, 6) is 0. The molecule has 1 saturated heterocycles. The summed E-state index contributed by atoms with van der Waals surface area (Å²) in [5.41, 5.74) is 0.615. The molecule has 1 aliphatic rings. The Balaban J connectivity index is 2.11. The maximum atomic E-state index is 13.0. The van der Waals surface area contributed by atoms with Crippen molar-refractivity contribution in [1.29, 1.82) is 0 Å². The molecule has 1 aromatic carbocycles. The number of rotatable bonds is 4. The lowest BCUT2D eigenvalue weighted by Crippen LogP contribution is -2.35. The molecule has 0 N–H and O–H groups in total. The highest BCUT2D eigenvalue weighted by molar-refractivity contribution is 7.90. The van der Waals surface area contributed by atoms with Crippen LogP contribution in [0.5, 0.6) is 0 Å². The van der Waals surface area contributed by atoms with Crippen LogP contribution >= 0.6 is 0 Å². The number of piperidine rings is 1. The van der Waals surface area contributed by atoms with Gasteiger partial charge in [-0.25, -0.2) is 20.8 Å². The van der Waals surface area contributed by atoms with Crippen molar-refractivity contribution in [3.05, 3.63) is 47.8 Å². The second-order valence-corrected chi connectivity index (χ2v) is 9.98. The predicted molar refractivity (Wildman–Crippen MR) is 95.5 cm³/mol. The van der Waals surface area contributed by atoms with E-state index in [2.05, 4.69) is 0 Å². The van der Waals surface area contributed by atoms with Crippen molar-refractivity contribution < 1.29 is 16.8 Å². The van der Waals surface area contributed by atoms with E-state index in [1.165, 1.54) is 22.5 Å². The van der Waals surface area contributed by atoms with Crippen molar-refractivity contribution in [3.8, 4) is 0 Å². The third-order valence-electron chi connectivity index (χ3n) is 4.54. The summed E-state index contributed by atoms with van der Waals surface area (Å²) in [4.78, 5) is 0.213. The van der Waals surface area contributed by atoms with Gasteiger partial charge in [-0.2, -0.15) is 4.31 Å². The highest BCUT2D eigenvalue weighted by atomic mass is 32.2. The second-order valence-electron chi connectivity index (χ2n) is 6.28. The normalized spacial score (nSPS) is 16.9. The first-order valence-electron chi connectivity index (χ1n) is 8.26. The van der Waals surface area contributed by atoms with Crippen LogP contribution in [0.4, 0.5) is 0 Å². The molecule has 0 bridgehead atoms.